The fourth-order valence-corrected chi connectivity index (χ4v) is 5.38. The molecule has 0 aromatic rings. The standard InChI is InChI=1S/C25H45NO3/c1-6-7-14-25(2,3)23(28)13-12-20-21-16-18(15-19(21)17-22(20)27)10-8-9-11-24(29)26(4)5/h15,19-23,27-28H,6-14,16-17H2,1-5H3/t19-,20+,21-,22+,23+/m0/s1. The highest BCUT2D eigenvalue weighted by Crippen LogP contribution is 2.49. The van der Waals surface area contributed by atoms with Crippen LogP contribution in [-0.2, 0) is 4.79 Å². The maximum atomic E-state index is 11.7. The van der Waals surface area contributed by atoms with Crippen LogP contribution in [0.4, 0.5) is 0 Å². The van der Waals surface area contributed by atoms with Crippen molar-refractivity contribution in [1.82, 2.24) is 4.90 Å². The number of rotatable bonds is 12. The second-order valence-electron chi connectivity index (χ2n) is 10.5. The zero-order valence-corrected chi connectivity index (χ0v) is 19.5. The second-order valence-corrected chi connectivity index (χ2v) is 10.5. The number of amides is 1. The lowest BCUT2D eigenvalue weighted by Crippen LogP contribution is -2.31. The van der Waals surface area contributed by atoms with Crippen LogP contribution in [-0.4, -0.2) is 47.3 Å². The minimum atomic E-state index is -0.289. The van der Waals surface area contributed by atoms with Gasteiger partial charge in [0.1, 0.15) is 0 Å². The monoisotopic (exact) mass is 407 g/mol. The van der Waals surface area contributed by atoms with Gasteiger partial charge in [0.05, 0.1) is 12.2 Å². The predicted octanol–water partition coefficient (Wildman–Crippen LogP) is 4.94. The minimum absolute atomic E-state index is 0.0396. The number of carbonyl (C=O) groups excluding carboxylic acids is 1. The molecule has 2 rings (SSSR count). The number of nitrogens with zero attached hydrogens (tertiary/aromatic N) is 1. The topological polar surface area (TPSA) is 60.8 Å². The van der Waals surface area contributed by atoms with Crippen molar-refractivity contribution in [2.45, 2.75) is 104 Å². The lowest BCUT2D eigenvalue weighted by Gasteiger charge is -2.32. The SMILES string of the molecule is CCCCC(C)(C)[C@H](O)CC[C@@H]1[C@H]2CC(CCCCC(=O)N(C)C)=C[C@H]2C[C@H]1O. The summed E-state index contributed by atoms with van der Waals surface area (Å²) in [6, 6.07) is 0. The van der Waals surface area contributed by atoms with Crippen molar-refractivity contribution in [1.29, 1.82) is 0 Å². The van der Waals surface area contributed by atoms with Crippen LogP contribution in [0.2, 0.25) is 0 Å². The molecule has 0 bridgehead atoms. The van der Waals surface area contributed by atoms with Gasteiger partial charge in [0.2, 0.25) is 5.91 Å². The van der Waals surface area contributed by atoms with Gasteiger partial charge in [-0.1, -0.05) is 45.3 Å². The quantitative estimate of drug-likeness (QED) is 0.356. The maximum absolute atomic E-state index is 11.7. The van der Waals surface area contributed by atoms with Gasteiger partial charge in [-0.15, -0.1) is 0 Å². The number of aliphatic hydroxyl groups is 2. The Morgan fingerprint density at radius 1 is 1.28 bits per heavy atom. The predicted molar refractivity (Wildman–Crippen MR) is 120 cm³/mol. The summed E-state index contributed by atoms with van der Waals surface area (Å²) in [5.41, 5.74) is 1.49. The first-order valence-electron chi connectivity index (χ1n) is 11.9. The molecular weight excluding hydrogens is 362 g/mol. The summed E-state index contributed by atoms with van der Waals surface area (Å²) in [6.45, 7) is 6.55. The van der Waals surface area contributed by atoms with E-state index in [1.807, 2.05) is 14.1 Å². The van der Waals surface area contributed by atoms with E-state index in [0.29, 0.717) is 24.2 Å². The summed E-state index contributed by atoms with van der Waals surface area (Å²) >= 11 is 0. The maximum Gasteiger partial charge on any atom is 0.222 e. The van der Waals surface area contributed by atoms with E-state index in [1.54, 1.807) is 4.90 Å². The molecule has 2 N–H and O–H groups in total. The van der Waals surface area contributed by atoms with Crippen LogP contribution in [0, 0.1) is 23.2 Å². The normalized spacial score (nSPS) is 27.6. The number of aliphatic hydroxyl groups excluding tert-OH is 2. The third kappa shape index (κ3) is 6.82. The first-order valence-corrected chi connectivity index (χ1v) is 11.9. The molecule has 5 atom stereocenters. The van der Waals surface area contributed by atoms with E-state index >= 15 is 0 Å². The van der Waals surface area contributed by atoms with Crippen LogP contribution >= 0.6 is 0 Å². The third-order valence-corrected chi connectivity index (χ3v) is 7.54. The highest BCUT2D eigenvalue weighted by Gasteiger charge is 2.44. The Balaban J connectivity index is 1.77. The van der Waals surface area contributed by atoms with Gasteiger partial charge in [0.25, 0.3) is 0 Å². The van der Waals surface area contributed by atoms with Crippen molar-refractivity contribution in [3.8, 4) is 0 Å². The molecule has 4 heteroatoms. The van der Waals surface area contributed by atoms with E-state index in [9.17, 15) is 15.0 Å². The Morgan fingerprint density at radius 3 is 2.66 bits per heavy atom. The Bertz CT molecular complexity index is 554. The highest BCUT2D eigenvalue weighted by molar-refractivity contribution is 5.75. The molecule has 0 saturated heterocycles. The second kappa shape index (κ2) is 10.9. The average Bonchev–Trinajstić information content (AvgIpc) is 3.17. The molecule has 1 amide bonds. The van der Waals surface area contributed by atoms with Crippen molar-refractivity contribution in [3.05, 3.63) is 11.6 Å². The number of hydrogen-bond acceptors (Lipinski definition) is 3. The number of allylic oxidation sites excluding steroid dienone is 2. The van der Waals surface area contributed by atoms with Gasteiger partial charge in [-0.3, -0.25) is 4.79 Å². The molecule has 0 heterocycles. The van der Waals surface area contributed by atoms with Crippen molar-refractivity contribution in [2.24, 2.45) is 23.2 Å². The lowest BCUT2D eigenvalue weighted by atomic mass is 9.77. The summed E-state index contributed by atoms with van der Waals surface area (Å²) in [6.07, 6.45) is 12.8. The zero-order valence-electron chi connectivity index (χ0n) is 19.5. The lowest BCUT2D eigenvalue weighted by molar-refractivity contribution is -0.128. The van der Waals surface area contributed by atoms with Crippen LogP contribution in [0.15, 0.2) is 11.6 Å². The highest BCUT2D eigenvalue weighted by atomic mass is 16.3. The van der Waals surface area contributed by atoms with Gasteiger partial charge in [-0.05, 0) is 74.5 Å². The van der Waals surface area contributed by atoms with Gasteiger partial charge in [0, 0.05) is 20.5 Å². The summed E-state index contributed by atoms with van der Waals surface area (Å²) in [5.74, 6) is 1.60. The van der Waals surface area contributed by atoms with Crippen LogP contribution in [0.3, 0.4) is 0 Å². The third-order valence-electron chi connectivity index (χ3n) is 7.54. The molecule has 1 saturated carbocycles. The molecule has 1 fully saturated rings. The van der Waals surface area contributed by atoms with Crippen LogP contribution < -0.4 is 0 Å². The Kier molecular flexibility index (Phi) is 9.21. The Labute approximate surface area is 178 Å². The number of carbonyl (C=O) groups is 1. The fourth-order valence-electron chi connectivity index (χ4n) is 5.38. The molecule has 0 aromatic carbocycles. The van der Waals surface area contributed by atoms with Crippen molar-refractivity contribution >= 4 is 5.91 Å². The molecule has 0 radical (unpaired) electrons. The summed E-state index contributed by atoms with van der Waals surface area (Å²) in [4.78, 5) is 13.4. The average molecular weight is 408 g/mol. The van der Waals surface area contributed by atoms with Gasteiger partial charge >= 0.3 is 0 Å². The van der Waals surface area contributed by atoms with Crippen LogP contribution in [0.1, 0.15) is 91.4 Å². The number of fused-ring (bicyclic) bond motifs is 1. The van der Waals surface area contributed by atoms with Crippen molar-refractivity contribution in [3.63, 3.8) is 0 Å². The van der Waals surface area contributed by atoms with Crippen LogP contribution in [0.25, 0.3) is 0 Å². The molecule has 2 aliphatic carbocycles. The molecule has 168 valence electrons. The molecular formula is C25H45NO3. The summed E-state index contributed by atoms with van der Waals surface area (Å²) in [7, 11) is 3.63. The fraction of sp³-hybridized carbons (Fsp3) is 0.880. The largest absolute Gasteiger partial charge is 0.393 e. The minimum Gasteiger partial charge on any atom is -0.393 e. The van der Waals surface area contributed by atoms with Gasteiger partial charge < -0.3 is 15.1 Å². The Hall–Kier alpha value is -0.870. The van der Waals surface area contributed by atoms with E-state index in [0.717, 1.165) is 57.8 Å². The van der Waals surface area contributed by atoms with E-state index in [4.69, 9.17) is 0 Å². The van der Waals surface area contributed by atoms with Gasteiger partial charge in [-0.2, -0.15) is 0 Å². The van der Waals surface area contributed by atoms with Gasteiger partial charge in [0.15, 0.2) is 0 Å². The van der Waals surface area contributed by atoms with Crippen molar-refractivity contribution in [2.75, 3.05) is 14.1 Å². The Morgan fingerprint density at radius 2 is 2.00 bits per heavy atom. The van der Waals surface area contributed by atoms with Crippen LogP contribution in [0.5, 0.6) is 0 Å². The van der Waals surface area contributed by atoms with E-state index < -0.39 is 0 Å². The molecule has 2 aliphatic rings. The smallest absolute Gasteiger partial charge is 0.222 e. The van der Waals surface area contributed by atoms with Crippen molar-refractivity contribution < 1.29 is 15.0 Å². The molecule has 0 aromatic heterocycles. The zero-order chi connectivity index (χ0) is 21.6. The first-order chi connectivity index (χ1) is 13.7. The summed E-state index contributed by atoms with van der Waals surface area (Å²) in [5, 5.41) is 21.4. The molecule has 0 spiro atoms. The van der Waals surface area contributed by atoms with Gasteiger partial charge in [-0.25, -0.2) is 0 Å². The van der Waals surface area contributed by atoms with E-state index in [2.05, 4.69) is 26.8 Å². The molecule has 29 heavy (non-hydrogen) atoms. The first kappa shape index (κ1) is 24.4. The molecule has 0 unspecified atom stereocenters. The number of unbranched alkanes of at least 4 members (excludes halogenated alkanes) is 2. The van der Waals surface area contributed by atoms with E-state index in [-0.39, 0.29) is 23.5 Å². The summed E-state index contributed by atoms with van der Waals surface area (Å²) < 4.78 is 0. The molecule has 0 aliphatic heterocycles. The molecule has 4 nitrogen and oxygen atoms in total. The van der Waals surface area contributed by atoms with E-state index in [1.165, 1.54) is 12.0 Å². The number of hydrogen-bond donors (Lipinski definition) is 2.